The molecule has 6 rings (SSSR count). The van der Waals surface area contributed by atoms with Gasteiger partial charge in [-0.15, -0.1) is 11.3 Å². The number of halogens is 1. The molecule has 51 heavy (non-hydrogen) atoms. The van der Waals surface area contributed by atoms with Crippen molar-refractivity contribution in [2.45, 2.75) is 38.0 Å². The first kappa shape index (κ1) is 36.4. The van der Waals surface area contributed by atoms with E-state index in [2.05, 4.69) is 25.8 Å². The summed E-state index contributed by atoms with van der Waals surface area (Å²) in [5.41, 5.74) is 3.74. The Morgan fingerprint density at radius 3 is 2.63 bits per heavy atom. The van der Waals surface area contributed by atoms with Crippen molar-refractivity contribution in [2.24, 2.45) is 0 Å². The number of methoxy groups -OCH3 is 1. The van der Waals surface area contributed by atoms with Crippen molar-refractivity contribution in [2.75, 3.05) is 43.9 Å². The molecule has 0 saturated carbocycles. The van der Waals surface area contributed by atoms with Crippen LogP contribution in [0.25, 0.3) is 20.7 Å². The maximum atomic E-state index is 12.9. The number of nitrogens with zero attached hydrogens (tertiary/aromatic N) is 1. The molecule has 0 spiro atoms. The number of amides is 2. The number of aromatic nitrogens is 1. The summed E-state index contributed by atoms with van der Waals surface area (Å²) in [5, 5.41) is 32.1. The lowest BCUT2D eigenvalue weighted by Crippen LogP contribution is -2.39. The molecule has 1 saturated heterocycles. The third kappa shape index (κ3) is 9.08. The van der Waals surface area contributed by atoms with Crippen molar-refractivity contribution in [3.05, 3.63) is 91.9 Å². The number of thiazole rings is 1. The molecule has 1 aliphatic heterocycles. The van der Waals surface area contributed by atoms with Crippen LogP contribution in [0.4, 0.5) is 16.2 Å². The summed E-state index contributed by atoms with van der Waals surface area (Å²) in [6, 6.07) is 18.2. The second-order valence-corrected chi connectivity index (χ2v) is 14.4. The molecule has 2 aromatic heterocycles. The summed E-state index contributed by atoms with van der Waals surface area (Å²) in [6.07, 6.45) is -0.0104. The molecule has 268 valence electrons. The predicted molar refractivity (Wildman–Crippen MR) is 201 cm³/mol. The van der Waals surface area contributed by atoms with Crippen molar-refractivity contribution in [3.63, 3.8) is 0 Å². The van der Waals surface area contributed by atoms with E-state index in [1.807, 2.05) is 41.8 Å². The van der Waals surface area contributed by atoms with Crippen LogP contribution < -0.4 is 25.6 Å². The van der Waals surface area contributed by atoms with E-state index < -0.39 is 12.2 Å². The summed E-state index contributed by atoms with van der Waals surface area (Å²) < 4.78 is 11.8. The van der Waals surface area contributed by atoms with Crippen molar-refractivity contribution >= 4 is 67.9 Å². The van der Waals surface area contributed by atoms with Crippen LogP contribution in [-0.2, 0) is 16.1 Å². The smallest absolute Gasteiger partial charge is 0.411 e. The van der Waals surface area contributed by atoms with Crippen molar-refractivity contribution < 1.29 is 29.3 Å². The number of phenols is 1. The van der Waals surface area contributed by atoms with Crippen LogP contribution in [0.3, 0.4) is 0 Å². The lowest BCUT2D eigenvalue weighted by molar-refractivity contribution is -0.116. The summed E-state index contributed by atoms with van der Waals surface area (Å²) in [6.45, 7) is 2.42. The van der Waals surface area contributed by atoms with Gasteiger partial charge in [0, 0.05) is 56.3 Å². The number of aromatic amines is 1. The largest absolute Gasteiger partial charge is 0.506 e. The number of carbonyl (C=O) groups is 2. The van der Waals surface area contributed by atoms with Crippen LogP contribution in [0.15, 0.2) is 70.8 Å². The molecule has 1 atom stereocenters. The summed E-state index contributed by atoms with van der Waals surface area (Å²) in [5.74, 6) is 0.261. The fraction of sp³-hybridized carbons (Fsp3) is 0.306. The van der Waals surface area contributed by atoms with E-state index in [0.29, 0.717) is 71.3 Å². The molecule has 0 aliphatic carbocycles. The zero-order chi connectivity index (χ0) is 35.9. The van der Waals surface area contributed by atoms with E-state index in [1.54, 1.807) is 29.5 Å². The van der Waals surface area contributed by atoms with Crippen molar-refractivity contribution in [1.82, 2.24) is 15.2 Å². The number of aromatic hydroxyl groups is 1. The van der Waals surface area contributed by atoms with Gasteiger partial charge in [-0.1, -0.05) is 59.3 Å². The Bertz CT molecular complexity index is 2040. The van der Waals surface area contributed by atoms with Crippen LogP contribution in [0.1, 0.15) is 36.5 Å². The van der Waals surface area contributed by atoms with Gasteiger partial charge in [0.1, 0.15) is 23.1 Å². The number of thiophene rings is 1. The van der Waals surface area contributed by atoms with Crippen LogP contribution in [0, 0.1) is 0 Å². The molecule has 0 unspecified atom stereocenters. The highest BCUT2D eigenvalue weighted by molar-refractivity contribution is 7.16. The van der Waals surface area contributed by atoms with Crippen molar-refractivity contribution in [3.8, 4) is 21.9 Å². The van der Waals surface area contributed by atoms with Crippen LogP contribution >= 0.6 is 34.3 Å². The SMILES string of the molecule is COc1cc(NC(=O)CCN2CCC(OC(=O)Nc3ccsc3-c3ccccc3)CC2)c(Cl)cc1CNC[C@H](O)c1ccc(O)c2[nH]c(=O)sc12. The number of rotatable bonds is 13. The molecule has 2 amide bonds. The van der Waals surface area contributed by atoms with Crippen LogP contribution in [0.2, 0.25) is 5.02 Å². The van der Waals surface area contributed by atoms with E-state index in [1.165, 1.54) is 13.2 Å². The number of nitrogens with one attached hydrogen (secondary N) is 4. The molecule has 5 aromatic rings. The van der Waals surface area contributed by atoms with E-state index in [4.69, 9.17) is 21.1 Å². The first-order chi connectivity index (χ1) is 24.7. The molecular weight excluding hydrogens is 714 g/mol. The monoisotopic (exact) mass is 751 g/mol. The predicted octanol–water partition coefficient (Wildman–Crippen LogP) is 6.55. The Morgan fingerprint density at radius 2 is 1.86 bits per heavy atom. The normalized spacial score (nSPS) is 14.3. The number of aliphatic hydroxyl groups excluding tert-OH is 1. The number of ether oxygens (including phenoxy) is 2. The molecule has 15 heteroatoms. The Kier molecular flexibility index (Phi) is 11.9. The first-order valence-corrected chi connectivity index (χ1v) is 18.5. The highest BCUT2D eigenvalue weighted by Crippen LogP contribution is 2.35. The summed E-state index contributed by atoms with van der Waals surface area (Å²) >= 11 is 9.04. The number of piperidine rings is 1. The Hall–Kier alpha value is -4.44. The van der Waals surface area contributed by atoms with E-state index in [0.717, 1.165) is 33.0 Å². The number of benzene rings is 3. The minimum absolute atomic E-state index is 0.0556. The van der Waals surface area contributed by atoms with Gasteiger partial charge >= 0.3 is 11.0 Å². The lowest BCUT2D eigenvalue weighted by atomic mass is 10.1. The third-order valence-corrected chi connectivity index (χ3v) is 10.9. The van der Waals surface area contributed by atoms with Gasteiger partial charge in [-0.25, -0.2) is 4.79 Å². The number of H-pyrrole nitrogens is 1. The van der Waals surface area contributed by atoms with Gasteiger partial charge in [-0.3, -0.25) is 14.9 Å². The molecule has 6 N–H and O–H groups in total. The van der Waals surface area contributed by atoms with E-state index >= 15 is 0 Å². The quantitative estimate of drug-likeness (QED) is 0.0783. The van der Waals surface area contributed by atoms with Gasteiger partial charge in [-0.2, -0.15) is 0 Å². The second kappa shape index (κ2) is 16.7. The van der Waals surface area contributed by atoms with Crippen LogP contribution in [0.5, 0.6) is 11.5 Å². The van der Waals surface area contributed by atoms with Gasteiger partial charge in [0.25, 0.3) is 0 Å². The van der Waals surface area contributed by atoms with Gasteiger partial charge in [0.2, 0.25) is 5.91 Å². The molecule has 1 fully saturated rings. The third-order valence-electron chi connectivity index (χ3n) is 8.65. The number of hydrogen-bond acceptors (Lipinski definition) is 11. The molecular formula is C36H38ClN5O7S2. The number of phenolic OH excluding ortho intramolecular Hbond substituents is 1. The van der Waals surface area contributed by atoms with Gasteiger partial charge in [0.05, 0.1) is 39.2 Å². The number of carbonyl (C=O) groups excluding carboxylic acids is 2. The number of likely N-dealkylation sites (tertiary alicyclic amines) is 1. The number of hydrogen-bond donors (Lipinski definition) is 6. The first-order valence-electron chi connectivity index (χ1n) is 16.4. The standard InChI is InChI=1S/C36H38ClN5O7S2/c1-48-30-18-27(25(37)17-22(30)19-38-20-29(44)24-7-8-28(43)32-34(24)51-36(47)41-32)39-31(45)11-15-42-13-9-23(10-14-42)49-35(46)40-26-12-16-50-33(26)21-5-3-2-4-6-21/h2-8,12,16-18,23,29,38,43-44H,9-11,13-15,19-20H2,1H3,(H,39,45)(H,40,46)(H,41,47)/t29-/m0/s1. The average molecular weight is 752 g/mol. The lowest BCUT2D eigenvalue weighted by Gasteiger charge is -2.31. The highest BCUT2D eigenvalue weighted by Gasteiger charge is 2.24. The number of anilines is 2. The molecule has 0 bridgehead atoms. The average Bonchev–Trinajstić information content (AvgIpc) is 3.76. The van der Waals surface area contributed by atoms with E-state index in [9.17, 15) is 24.6 Å². The van der Waals surface area contributed by atoms with Gasteiger partial charge < -0.3 is 40.2 Å². The van der Waals surface area contributed by atoms with Gasteiger partial charge in [0.15, 0.2) is 0 Å². The topological polar surface area (TPSA) is 165 Å². The Labute approximate surface area is 307 Å². The Morgan fingerprint density at radius 1 is 1.08 bits per heavy atom. The minimum atomic E-state index is -0.942. The zero-order valence-electron chi connectivity index (χ0n) is 27.7. The van der Waals surface area contributed by atoms with E-state index in [-0.39, 0.29) is 35.6 Å². The minimum Gasteiger partial charge on any atom is -0.506 e. The fourth-order valence-corrected chi connectivity index (χ4v) is 8.02. The summed E-state index contributed by atoms with van der Waals surface area (Å²) in [4.78, 5) is 42.8. The number of fused-ring (bicyclic) bond motifs is 1. The van der Waals surface area contributed by atoms with Gasteiger partial charge in [-0.05, 0) is 42.0 Å². The van der Waals surface area contributed by atoms with Crippen LogP contribution in [-0.4, -0.2) is 71.5 Å². The maximum Gasteiger partial charge on any atom is 0.411 e. The summed E-state index contributed by atoms with van der Waals surface area (Å²) in [7, 11) is 1.52. The molecule has 1 aliphatic rings. The molecule has 0 radical (unpaired) electrons. The second-order valence-electron chi connectivity index (χ2n) is 12.1. The molecule has 12 nitrogen and oxygen atoms in total. The highest BCUT2D eigenvalue weighted by atomic mass is 35.5. The molecule has 3 heterocycles. The Balaban J connectivity index is 0.935. The zero-order valence-corrected chi connectivity index (χ0v) is 30.1. The molecule has 3 aromatic carbocycles. The number of aliphatic hydroxyl groups is 1. The fourth-order valence-electron chi connectivity index (χ4n) is 6.01. The van der Waals surface area contributed by atoms with Crippen molar-refractivity contribution in [1.29, 1.82) is 0 Å². The maximum absolute atomic E-state index is 12.9.